The van der Waals surface area contributed by atoms with E-state index in [2.05, 4.69) is 26.3 Å². The van der Waals surface area contributed by atoms with Crippen molar-refractivity contribution in [2.24, 2.45) is 41.4 Å². The predicted octanol–water partition coefficient (Wildman–Crippen LogP) is 4.27. The summed E-state index contributed by atoms with van der Waals surface area (Å²) in [4.78, 5) is 177. The zero-order valence-corrected chi connectivity index (χ0v) is 61.9. The van der Waals surface area contributed by atoms with Gasteiger partial charge >= 0.3 is 0 Å². The standard InChI is InChI=1S/C68H119N13O12S/c1-25-27-28-45(15)57(82)56-61(86)72-48(26-2)63(88)78(22)53(37-94-32-31-81-30-29-69-38-81)66(91)74(18)50(34-40(5)6)60(85)73-54(43(11)12)67(92)75(19)49(33-39(3)4)59(84)70-46(16)58(83)71-47(17)62(87)76(20)51(35-41(7)8)64(89)77(21)52(36-42(9)10)65(90)79(23)55(44(13)14)68(93)80(56)24/h25,27,29-30,38-57,82H,26,28,31-37H2,1-24H3,(H,70,84)(H,71,83)(H,72,86)(H,73,85)/t45-,46-,47+,48-,49-,50+,51-,52-,53-,54-,55-,56-,57-/m1/s1. The van der Waals surface area contributed by atoms with Crippen molar-refractivity contribution < 1.29 is 57.8 Å². The van der Waals surface area contributed by atoms with Gasteiger partial charge in [-0.25, -0.2) is 4.98 Å². The molecule has 534 valence electrons. The Morgan fingerprint density at radius 2 is 0.936 bits per heavy atom. The minimum atomic E-state index is -1.64. The smallest absolute Gasteiger partial charge is 0.246 e. The number of aromatic nitrogens is 2. The van der Waals surface area contributed by atoms with E-state index in [1.165, 1.54) is 104 Å². The Kier molecular flexibility index (Phi) is 34.5. The van der Waals surface area contributed by atoms with Crippen LogP contribution in [-0.2, 0) is 59.3 Å². The van der Waals surface area contributed by atoms with Crippen LogP contribution in [0.4, 0.5) is 0 Å². The number of aryl methyl sites for hydroxylation is 1. The van der Waals surface area contributed by atoms with Crippen molar-refractivity contribution in [3.05, 3.63) is 30.9 Å². The fourth-order valence-corrected chi connectivity index (χ4v) is 12.9. The molecule has 11 amide bonds. The van der Waals surface area contributed by atoms with Crippen LogP contribution in [0.1, 0.15) is 156 Å². The van der Waals surface area contributed by atoms with Gasteiger partial charge in [0.25, 0.3) is 0 Å². The van der Waals surface area contributed by atoms with Crippen molar-refractivity contribution in [1.82, 2.24) is 65.1 Å². The van der Waals surface area contributed by atoms with Crippen molar-refractivity contribution in [3.63, 3.8) is 0 Å². The molecule has 1 saturated heterocycles. The molecule has 0 radical (unpaired) electrons. The lowest BCUT2D eigenvalue weighted by Gasteiger charge is -2.41. The summed E-state index contributed by atoms with van der Waals surface area (Å²) in [6, 6.07) is -13.8. The normalized spacial score (nSPS) is 26.3. The van der Waals surface area contributed by atoms with E-state index in [-0.39, 0.29) is 61.5 Å². The maximum Gasteiger partial charge on any atom is 0.246 e. The van der Waals surface area contributed by atoms with Gasteiger partial charge in [-0.3, -0.25) is 52.7 Å². The molecule has 13 atom stereocenters. The lowest BCUT2D eigenvalue weighted by atomic mass is 9.91. The Morgan fingerprint density at radius 3 is 1.40 bits per heavy atom. The fraction of sp³-hybridized carbons (Fsp3) is 0.765. The molecule has 0 spiro atoms. The SMILES string of the molecule is CC=CC[C@@H](C)[C@@H](O)[C@@H]1C(=O)N[C@H](CC)C(=O)N(C)[C@H](CSCCn2ccnc2)C(=O)N(C)[C@@H](CC(C)C)C(=O)N[C@H](C(C)C)C(=O)N(C)[C@H](CC(C)C)C(=O)N[C@H](C)C(=O)N[C@@H](C)C(=O)N(C)[C@H](CC(C)C)C(=O)N(C)[C@H](CC(C)C)C(=O)N(C)[C@H](C(C)C)C(=O)N1C. The van der Waals surface area contributed by atoms with Crippen LogP contribution in [0.2, 0.25) is 0 Å². The maximum absolute atomic E-state index is 15.4. The molecule has 1 aliphatic heterocycles. The maximum atomic E-state index is 15.4. The molecule has 0 unspecified atom stereocenters. The van der Waals surface area contributed by atoms with Gasteiger partial charge < -0.3 is 65.2 Å². The number of hydrogen-bond donors (Lipinski definition) is 5. The van der Waals surface area contributed by atoms with Crippen LogP contribution >= 0.6 is 11.8 Å². The first kappa shape index (κ1) is 83.5. The lowest BCUT2D eigenvalue weighted by Crippen LogP contribution is -2.64. The number of carbonyl (C=O) groups excluding carboxylic acids is 11. The first-order valence-corrected chi connectivity index (χ1v) is 34.8. The largest absolute Gasteiger partial charge is 0.390 e. The molecule has 2 rings (SSSR count). The highest BCUT2D eigenvalue weighted by molar-refractivity contribution is 7.99. The number of thioether (sulfide) groups is 1. The van der Waals surface area contributed by atoms with Gasteiger partial charge in [0.05, 0.1) is 12.4 Å². The number of hydrogen-bond acceptors (Lipinski definition) is 14. The second-order valence-electron chi connectivity index (χ2n) is 28.2. The average Bonchev–Trinajstić information content (AvgIpc) is 0.858. The van der Waals surface area contributed by atoms with E-state index >= 15 is 28.8 Å². The van der Waals surface area contributed by atoms with Gasteiger partial charge in [0.15, 0.2) is 0 Å². The van der Waals surface area contributed by atoms with E-state index in [1.54, 1.807) is 73.3 Å². The van der Waals surface area contributed by atoms with Gasteiger partial charge in [0, 0.05) is 79.8 Å². The van der Waals surface area contributed by atoms with Crippen molar-refractivity contribution in [1.29, 1.82) is 0 Å². The van der Waals surface area contributed by atoms with Crippen molar-refractivity contribution in [3.8, 4) is 0 Å². The van der Waals surface area contributed by atoms with Crippen LogP contribution < -0.4 is 21.3 Å². The third kappa shape index (κ3) is 23.4. The number of amides is 11. The number of allylic oxidation sites excluding steroid dienone is 2. The highest BCUT2D eigenvalue weighted by Crippen LogP contribution is 2.26. The number of imidazole rings is 1. The van der Waals surface area contributed by atoms with Gasteiger partial charge in [0.2, 0.25) is 65.0 Å². The van der Waals surface area contributed by atoms with Crippen LogP contribution in [0.5, 0.6) is 0 Å². The second kappa shape index (κ2) is 38.8. The Balaban J connectivity index is 3.10. The molecule has 0 aromatic carbocycles. The molecule has 1 aliphatic rings. The predicted molar refractivity (Wildman–Crippen MR) is 367 cm³/mol. The van der Waals surface area contributed by atoms with Crippen LogP contribution in [-0.4, -0.2) is 247 Å². The van der Waals surface area contributed by atoms with E-state index in [4.69, 9.17) is 0 Å². The Hall–Kier alpha value is -6.57. The average molecular weight is 1340 g/mol. The third-order valence-electron chi connectivity index (χ3n) is 17.7. The van der Waals surface area contributed by atoms with Crippen LogP contribution in [0, 0.1) is 41.4 Å². The number of rotatable bonds is 20. The summed E-state index contributed by atoms with van der Waals surface area (Å²) in [6.07, 6.45) is 8.03. The van der Waals surface area contributed by atoms with Crippen molar-refractivity contribution >= 4 is 76.7 Å². The third-order valence-corrected chi connectivity index (χ3v) is 18.7. The molecule has 25 nitrogen and oxygen atoms in total. The summed E-state index contributed by atoms with van der Waals surface area (Å²) in [6.45, 7) is 30.5. The van der Waals surface area contributed by atoms with Crippen LogP contribution in [0.25, 0.3) is 0 Å². The number of likely N-dealkylation sites (N-methyl/N-ethyl adjacent to an activating group) is 7. The summed E-state index contributed by atoms with van der Waals surface area (Å²) in [5.74, 6) is -9.36. The van der Waals surface area contributed by atoms with Crippen LogP contribution in [0.3, 0.4) is 0 Å². The first-order chi connectivity index (χ1) is 43.7. The monoisotopic (exact) mass is 1340 g/mol. The molecule has 0 saturated carbocycles. The van der Waals surface area contributed by atoms with Gasteiger partial charge in [0.1, 0.15) is 66.5 Å². The first-order valence-electron chi connectivity index (χ1n) is 33.6. The minimum absolute atomic E-state index is 0.00442. The molecule has 1 aromatic heterocycles. The van der Waals surface area contributed by atoms with Gasteiger partial charge in [-0.1, -0.05) is 109 Å². The Morgan fingerprint density at radius 1 is 0.500 bits per heavy atom. The summed E-state index contributed by atoms with van der Waals surface area (Å²) >= 11 is 1.38. The summed E-state index contributed by atoms with van der Waals surface area (Å²) in [5, 5.41) is 23.5. The molecule has 0 bridgehead atoms. The van der Waals surface area contributed by atoms with Gasteiger partial charge in [-0.15, -0.1) is 0 Å². The quantitative estimate of drug-likeness (QED) is 0.0901. The zero-order chi connectivity index (χ0) is 72.1. The molecular formula is C68H119N13O12S. The molecule has 5 N–H and O–H groups in total. The zero-order valence-electron chi connectivity index (χ0n) is 61.1. The fourth-order valence-electron chi connectivity index (χ4n) is 11.8. The van der Waals surface area contributed by atoms with E-state index in [0.717, 1.165) is 4.90 Å². The summed E-state index contributed by atoms with van der Waals surface area (Å²) in [5.41, 5.74) is 0. The number of nitrogens with zero attached hydrogens (tertiary/aromatic N) is 9. The van der Waals surface area contributed by atoms with E-state index < -0.39 is 155 Å². The molecule has 0 aliphatic carbocycles. The van der Waals surface area contributed by atoms with Crippen molar-refractivity contribution in [2.75, 3.05) is 60.8 Å². The lowest BCUT2D eigenvalue weighted by molar-refractivity contribution is -0.157. The number of aliphatic hydroxyl groups is 1. The van der Waals surface area contributed by atoms with Crippen LogP contribution in [0.15, 0.2) is 30.9 Å². The topological polar surface area (TPSA) is 297 Å². The van der Waals surface area contributed by atoms with Gasteiger partial charge in [-0.05, 0) is 101 Å². The second-order valence-corrected chi connectivity index (χ2v) is 29.3. The van der Waals surface area contributed by atoms with E-state index in [9.17, 15) is 29.1 Å². The summed E-state index contributed by atoms with van der Waals surface area (Å²) < 4.78 is 1.86. The summed E-state index contributed by atoms with van der Waals surface area (Å²) in [7, 11) is 10.1. The van der Waals surface area contributed by atoms with E-state index in [1.807, 2.05) is 66.0 Å². The Bertz CT molecular complexity index is 2710. The van der Waals surface area contributed by atoms with Crippen molar-refractivity contribution in [2.45, 2.75) is 235 Å². The number of carbonyl (C=O) groups is 11. The molecular weight excluding hydrogens is 1220 g/mol. The Labute approximate surface area is 565 Å². The molecule has 1 aromatic rings. The van der Waals surface area contributed by atoms with Gasteiger partial charge in [-0.2, -0.15) is 11.8 Å². The molecule has 26 heteroatoms. The molecule has 94 heavy (non-hydrogen) atoms. The van der Waals surface area contributed by atoms with E-state index in [0.29, 0.717) is 18.7 Å². The highest BCUT2D eigenvalue weighted by atomic mass is 32.2. The number of aliphatic hydroxyl groups excluding tert-OH is 1. The highest BCUT2D eigenvalue weighted by Gasteiger charge is 2.46. The molecule has 2 heterocycles. The number of nitrogens with one attached hydrogen (secondary N) is 4. The minimum Gasteiger partial charge on any atom is -0.390 e. The molecule has 1 fully saturated rings.